The second kappa shape index (κ2) is 5.96. The summed E-state index contributed by atoms with van der Waals surface area (Å²) < 4.78 is 5.21. The van der Waals surface area contributed by atoms with E-state index in [1.165, 1.54) is 0 Å². The maximum Gasteiger partial charge on any atom is 0.338 e. The number of nitrogens with zero attached hydrogens (tertiary/aromatic N) is 2. The van der Waals surface area contributed by atoms with E-state index in [2.05, 4.69) is 10.3 Å². The molecule has 1 saturated carbocycles. The lowest BCUT2D eigenvalue weighted by molar-refractivity contribution is -0.108. The topological polar surface area (TPSA) is 109 Å². The summed E-state index contributed by atoms with van der Waals surface area (Å²) >= 11 is 0. The molecule has 1 aromatic rings. The lowest BCUT2D eigenvalue weighted by atomic mass is 9.92. The van der Waals surface area contributed by atoms with Crippen molar-refractivity contribution in [1.29, 1.82) is 0 Å². The molecule has 0 aromatic heterocycles. The Bertz CT molecular complexity index is 556. The van der Waals surface area contributed by atoms with Crippen LogP contribution in [0.5, 0.6) is 0 Å². The summed E-state index contributed by atoms with van der Waals surface area (Å²) in [6.07, 6.45) is -0.753. The highest BCUT2D eigenvalue weighted by molar-refractivity contribution is 6.67. The summed E-state index contributed by atoms with van der Waals surface area (Å²) in [6, 6.07) is 8.35. The average Bonchev–Trinajstić information content (AvgIpc) is 2.49. The summed E-state index contributed by atoms with van der Waals surface area (Å²) in [7, 11) is 0. The molecule has 0 heterocycles. The molecule has 0 aliphatic heterocycles. The molecule has 2 N–H and O–H groups in total. The molecule has 1 fully saturated rings. The normalized spacial score (nSPS) is 23.0. The number of carbonyl (C=O) groups excluding carboxylic acids is 2. The van der Waals surface area contributed by atoms with Crippen LogP contribution in [0, 0.1) is 0 Å². The van der Waals surface area contributed by atoms with Crippen molar-refractivity contribution in [3.63, 3.8) is 0 Å². The summed E-state index contributed by atoms with van der Waals surface area (Å²) in [5.41, 5.74) is -0.0285. The van der Waals surface area contributed by atoms with E-state index < -0.39 is 17.9 Å². The lowest BCUT2D eigenvalue weighted by Crippen LogP contribution is -2.38. The highest BCUT2D eigenvalue weighted by Crippen LogP contribution is 2.17. The molecule has 7 nitrogen and oxygen atoms in total. The van der Waals surface area contributed by atoms with Crippen molar-refractivity contribution in [3.05, 3.63) is 35.9 Å². The number of benzene rings is 1. The van der Waals surface area contributed by atoms with Gasteiger partial charge in [0, 0.05) is 12.8 Å². The van der Waals surface area contributed by atoms with Gasteiger partial charge < -0.3 is 15.2 Å². The lowest BCUT2D eigenvalue weighted by Gasteiger charge is -2.22. The van der Waals surface area contributed by atoms with Gasteiger partial charge in [0.15, 0.2) is 0 Å². The van der Waals surface area contributed by atoms with E-state index >= 15 is 0 Å². The van der Waals surface area contributed by atoms with Gasteiger partial charge in [-0.2, -0.15) is 0 Å². The van der Waals surface area contributed by atoms with Crippen molar-refractivity contribution in [2.45, 2.75) is 18.9 Å². The molecule has 1 atom stereocenters. The molecule has 0 amide bonds. The standard InChI is InChI=1S/C13H12N2O5/c16-12-10(14-18)6-9(7-11(12)15-19)20-13(17)8-4-2-1-3-5-8/h1-5,9,18-19H,6-7H2/b14-10-,15-11+. The minimum Gasteiger partial charge on any atom is -0.458 e. The molecule has 104 valence electrons. The molecule has 0 radical (unpaired) electrons. The molecule has 2 rings (SSSR count). The number of hydrogen-bond donors (Lipinski definition) is 2. The largest absolute Gasteiger partial charge is 0.458 e. The molecular weight excluding hydrogens is 264 g/mol. The van der Waals surface area contributed by atoms with Crippen LogP contribution >= 0.6 is 0 Å². The molecule has 0 saturated heterocycles. The Morgan fingerprint density at radius 2 is 1.65 bits per heavy atom. The number of ether oxygens (including phenoxy) is 1. The van der Waals surface area contributed by atoms with E-state index in [4.69, 9.17) is 15.2 Å². The molecule has 20 heavy (non-hydrogen) atoms. The third-order valence-corrected chi connectivity index (χ3v) is 2.89. The predicted octanol–water partition coefficient (Wildman–Crippen LogP) is 1.24. The zero-order valence-electron chi connectivity index (χ0n) is 10.4. The van der Waals surface area contributed by atoms with Gasteiger partial charge in [-0.25, -0.2) is 4.79 Å². The zero-order chi connectivity index (χ0) is 14.5. The van der Waals surface area contributed by atoms with Crippen LogP contribution in [0.25, 0.3) is 0 Å². The Morgan fingerprint density at radius 1 is 1.10 bits per heavy atom. The van der Waals surface area contributed by atoms with Crippen molar-refractivity contribution in [2.75, 3.05) is 0 Å². The van der Waals surface area contributed by atoms with Gasteiger partial charge in [0.1, 0.15) is 17.5 Å². The summed E-state index contributed by atoms with van der Waals surface area (Å²) in [5, 5.41) is 23.1. The fraction of sp³-hybridized carbons (Fsp3) is 0.231. The summed E-state index contributed by atoms with van der Waals surface area (Å²) in [4.78, 5) is 23.4. The van der Waals surface area contributed by atoms with Crippen molar-refractivity contribution < 1.29 is 24.7 Å². The van der Waals surface area contributed by atoms with Crippen molar-refractivity contribution >= 4 is 23.2 Å². The Balaban J connectivity index is 2.10. The van der Waals surface area contributed by atoms with Gasteiger partial charge in [-0.15, -0.1) is 0 Å². The van der Waals surface area contributed by atoms with E-state index in [1.807, 2.05) is 0 Å². The zero-order valence-corrected chi connectivity index (χ0v) is 10.4. The second-order valence-corrected chi connectivity index (χ2v) is 4.22. The number of Topliss-reactive ketones (excluding diaryl/α,β-unsaturated/α-hetero) is 1. The van der Waals surface area contributed by atoms with E-state index in [-0.39, 0.29) is 24.3 Å². The Morgan fingerprint density at radius 3 is 2.15 bits per heavy atom. The summed E-state index contributed by atoms with van der Waals surface area (Å²) in [5.74, 6) is -1.21. The van der Waals surface area contributed by atoms with E-state index in [0.717, 1.165) is 0 Å². The third-order valence-electron chi connectivity index (χ3n) is 2.89. The maximum absolute atomic E-state index is 11.9. The molecule has 0 spiro atoms. The van der Waals surface area contributed by atoms with Crippen molar-refractivity contribution in [2.24, 2.45) is 10.3 Å². The van der Waals surface area contributed by atoms with E-state index in [0.29, 0.717) is 5.56 Å². The van der Waals surface area contributed by atoms with Gasteiger partial charge in [0.2, 0.25) is 5.78 Å². The van der Waals surface area contributed by atoms with Gasteiger partial charge in [-0.05, 0) is 12.1 Å². The maximum atomic E-state index is 11.9. The Kier molecular flexibility index (Phi) is 4.09. The highest BCUT2D eigenvalue weighted by Gasteiger charge is 2.33. The molecule has 1 aliphatic rings. The number of hydrogen-bond acceptors (Lipinski definition) is 7. The fourth-order valence-corrected chi connectivity index (χ4v) is 1.90. The number of ketones is 1. The van der Waals surface area contributed by atoms with Gasteiger partial charge >= 0.3 is 5.97 Å². The second-order valence-electron chi connectivity index (χ2n) is 4.22. The van der Waals surface area contributed by atoms with Crippen LogP contribution in [0.3, 0.4) is 0 Å². The molecule has 1 unspecified atom stereocenters. The van der Waals surface area contributed by atoms with Crippen LogP contribution in [0.4, 0.5) is 0 Å². The number of carbonyl (C=O) groups is 2. The van der Waals surface area contributed by atoms with Gasteiger partial charge in [0.25, 0.3) is 0 Å². The number of oxime groups is 2. The fourth-order valence-electron chi connectivity index (χ4n) is 1.90. The molecule has 1 aliphatic carbocycles. The average molecular weight is 276 g/mol. The van der Waals surface area contributed by atoms with Crippen LogP contribution in [0.1, 0.15) is 23.2 Å². The first-order valence-corrected chi connectivity index (χ1v) is 5.88. The van der Waals surface area contributed by atoms with E-state index in [9.17, 15) is 9.59 Å². The van der Waals surface area contributed by atoms with Crippen LogP contribution < -0.4 is 0 Å². The third kappa shape index (κ3) is 2.82. The van der Waals surface area contributed by atoms with Gasteiger partial charge in [-0.3, -0.25) is 4.79 Å². The first-order chi connectivity index (χ1) is 9.65. The minimum absolute atomic E-state index is 0.0209. The molecule has 7 heteroatoms. The van der Waals surface area contributed by atoms with Gasteiger partial charge in [-0.1, -0.05) is 28.5 Å². The first-order valence-electron chi connectivity index (χ1n) is 5.88. The molecular formula is C13H12N2O5. The Labute approximate surface area is 114 Å². The first kappa shape index (κ1) is 13.7. The number of rotatable bonds is 2. The van der Waals surface area contributed by atoms with Crippen molar-refractivity contribution in [1.82, 2.24) is 0 Å². The smallest absolute Gasteiger partial charge is 0.338 e. The van der Waals surface area contributed by atoms with Gasteiger partial charge in [0.05, 0.1) is 5.56 Å². The number of esters is 1. The van der Waals surface area contributed by atoms with Crippen molar-refractivity contribution in [3.8, 4) is 0 Å². The van der Waals surface area contributed by atoms with E-state index in [1.54, 1.807) is 30.3 Å². The highest BCUT2D eigenvalue weighted by atomic mass is 16.5. The SMILES string of the molecule is O=C1/C(=N\O)CC(OC(=O)c2ccccc2)C/C1=N\O. The summed E-state index contributed by atoms with van der Waals surface area (Å²) in [6.45, 7) is 0. The van der Waals surface area contributed by atoms with Crippen LogP contribution in [-0.2, 0) is 9.53 Å². The molecule has 1 aromatic carbocycles. The minimum atomic E-state index is -0.711. The van der Waals surface area contributed by atoms with Crippen LogP contribution in [0.2, 0.25) is 0 Å². The quantitative estimate of drug-likeness (QED) is 0.480. The molecule has 0 bridgehead atoms. The Hall–Kier alpha value is -2.70. The van der Waals surface area contributed by atoms with Crippen LogP contribution in [-0.4, -0.2) is 39.7 Å². The monoisotopic (exact) mass is 276 g/mol. The van der Waals surface area contributed by atoms with Crippen LogP contribution in [0.15, 0.2) is 40.6 Å². The predicted molar refractivity (Wildman–Crippen MR) is 68.3 cm³/mol.